The molecule has 0 bridgehead atoms. The van der Waals surface area contributed by atoms with E-state index in [4.69, 9.17) is 17.3 Å². The molecule has 0 aliphatic carbocycles. The number of nitrogens with zero attached hydrogens (tertiary/aromatic N) is 2. The number of aromatic nitrogens is 2. The Hall–Kier alpha value is -3.65. The van der Waals surface area contributed by atoms with Gasteiger partial charge in [0.1, 0.15) is 5.82 Å². The van der Waals surface area contributed by atoms with E-state index in [2.05, 4.69) is 25.9 Å². The van der Waals surface area contributed by atoms with E-state index in [-0.39, 0.29) is 23.5 Å². The molecule has 1 atom stereocenters. The molecule has 1 unspecified atom stereocenters. The van der Waals surface area contributed by atoms with E-state index in [1.54, 1.807) is 18.2 Å². The zero-order valence-corrected chi connectivity index (χ0v) is 17.2. The van der Waals surface area contributed by atoms with Crippen molar-refractivity contribution >= 4 is 46.6 Å². The Morgan fingerprint density at radius 1 is 1.13 bits per heavy atom. The lowest BCUT2D eigenvalue weighted by Gasteiger charge is -2.17. The minimum atomic E-state index is -0.635. The predicted octanol–water partition coefficient (Wildman–Crippen LogP) is 4.10. The van der Waals surface area contributed by atoms with Crippen LogP contribution in [0.4, 0.5) is 23.1 Å². The number of amides is 2. The molecule has 2 aromatic carbocycles. The minimum absolute atomic E-state index is 0.117. The van der Waals surface area contributed by atoms with E-state index < -0.39 is 5.91 Å². The number of anilines is 4. The lowest BCUT2D eigenvalue weighted by molar-refractivity contribution is -0.114. The number of benzene rings is 2. The summed E-state index contributed by atoms with van der Waals surface area (Å²) in [5, 5.41) is 9.31. The summed E-state index contributed by atoms with van der Waals surface area (Å²) in [6.07, 6.45) is 1.36. The highest BCUT2D eigenvalue weighted by atomic mass is 35.5. The second kappa shape index (κ2) is 9.23. The molecule has 3 rings (SSSR count). The van der Waals surface area contributed by atoms with Gasteiger partial charge in [-0.3, -0.25) is 9.59 Å². The Bertz CT molecular complexity index is 1070. The van der Waals surface area contributed by atoms with E-state index in [1.807, 2.05) is 37.3 Å². The van der Waals surface area contributed by atoms with Crippen molar-refractivity contribution in [1.29, 1.82) is 0 Å². The highest BCUT2D eigenvalue weighted by Crippen LogP contribution is 2.28. The van der Waals surface area contributed by atoms with Gasteiger partial charge in [-0.2, -0.15) is 4.98 Å². The topological polar surface area (TPSA) is 122 Å². The van der Waals surface area contributed by atoms with E-state index >= 15 is 0 Å². The number of carbonyl (C=O) groups excluding carboxylic acids is 2. The van der Waals surface area contributed by atoms with Crippen LogP contribution < -0.4 is 21.7 Å². The van der Waals surface area contributed by atoms with E-state index in [9.17, 15) is 9.59 Å². The molecule has 0 aliphatic heterocycles. The minimum Gasteiger partial charge on any atom is -0.365 e. The number of hydrogen-bond acceptors (Lipinski definition) is 6. The van der Waals surface area contributed by atoms with Gasteiger partial charge >= 0.3 is 0 Å². The number of nitrogens with one attached hydrogen (secondary N) is 3. The summed E-state index contributed by atoms with van der Waals surface area (Å²) in [6, 6.07) is 14.6. The monoisotopic (exact) mass is 424 g/mol. The zero-order chi connectivity index (χ0) is 21.7. The average Bonchev–Trinajstić information content (AvgIpc) is 2.71. The molecule has 3 aromatic rings. The van der Waals surface area contributed by atoms with Crippen LogP contribution in [-0.2, 0) is 4.79 Å². The Kier molecular flexibility index (Phi) is 6.48. The number of primary amides is 1. The molecule has 1 aromatic heterocycles. The molecule has 0 fully saturated rings. The van der Waals surface area contributed by atoms with E-state index in [0.29, 0.717) is 22.2 Å². The lowest BCUT2D eigenvalue weighted by Crippen LogP contribution is -2.18. The van der Waals surface area contributed by atoms with Crippen LogP contribution in [0, 0.1) is 0 Å². The number of carbonyl (C=O) groups is 2. The molecule has 5 N–H and O–H groups in total. The van der Waals surface area contributed by atoms with Gasteiger partial charge < -0.3 is 21.7 Å². The second-order valence-corrected chi connectivity index (χ2v) is 7.00. The van der Waals surface area contributed by atoms with Crippen molar-refractivity contribution in [3.05, 3.63) is 70.9 Å². The first-order valence-corrected chi connectivity index (χ1v) is 9.53. The van der Waals surface area contributed by atoms with Crippen LogP contribution in [0.25, 0.3) is 0 Å². The van der Waals surface area contributed by atoms with Gasteiger partial charge in [0, 0.05) is 24.8 Å². The summed E-state index contributed by atoms with van der Waals surface area (Å²) in [4.78, 5) is 31.7. The molecule has 0 saturated carbocycles. The third kappa shape index (κ3) is 5.24. The number of halogens is 1. The third-order valence-electron chi connectivity index (χ3n) is 4.24. The maximum atomic E-state index is 11.8. The highest BCUT2D eigenvalue weighted by Gasteiger charge is 2.15. The van der Waals surface area contributed by atoms with Gasteiger partial charge in [-0.25, -0.2) is 4.98 Å². The normalized spacial score (nSPS) is 11.4. The summed E-state index contributed by atoms with van der Waals surface area (Å²) < 4.78 is 0. The van der Waals surface area contributed by atoms with Gasteiger partial charge in [-0.1, -0.05) is 41.9 Å². The zero-order valence-electron chi connectivity index (χ0n) is 16.4. The predicted molar refractivity (Wildman–Crippen MR) is 118 cm³/mol. The smallest absolute Gasteiger partial charge is 0.254 e. The fourth-order valence-electron chi connectivity index (χ4n) is 2.78. The van der Waals surface area contributed by atoms with Gasteiger partial charge in [-0.05, 0) is 30.7 Å². The Balaban J connectivity index is 1.87. The summed E-state index contributed by atoms with van der Waals surface area (Å²) >= 11 is 6.10. The second-order valence-electron chi connectivity index (χ2n) is 6.60. The molecule has 30 heavy (non-hydrogen) atoms. The quantitative estimate of drug-likeness (QED) is 0.453. The van der Waals surface area contributed by atoms with Crippen LogP contribution in [0.1, 0.15) is 35.8 Å². The van der Waals surface area contributed by atoms with Crippen LogP contribution in [0.2, 0.25) is 5.02 Å². The van der Waals surface area contributed by atoms with Gasteiger partial charge in [0.05, 0.1) is 16.3 Å². The largest absolute Gasteiger partial charge is 0.365 e. The van der Waals surface area contributed by atoms with Gasteiger partial charge in [0.25, 0.3) is 5.91 Å². The number of nitrogens with two attached hydrogens (primary N) is 1. The lowest BCUT2D eigenvalue weighted by atomic mass is 10.1. The first kappa shape index (κ1) is 21.1. The average molecular weight is 425 g/mol. The molecular weight excluding hydrogens is 404 g/mol. The van der Waals surface area contributed by atoms with Crippen molar-refractivity contribution in [2.24, 2.45) is 5.73 Å². The van der Waals surface area contributed by atoms with Crippen LogP contribution in [-0.4, -0.2) is 21.8 Å². The molecule has 2 amide bonds. The maximum Gasteiger partial charge on any atom is 0.254 e. The first-order chi connectivity index (χ1) is 14.3. The van der Waals surface area contributed by atoms with Crippen molar-refractivity contribution in [2.75, 3.05) is 16.0 Å². The molecule has 0 saturated heterocycles. The molecular formula is C21H21ClN6O2. The molecule has 154 valence electrons. The van der Waals surface area contributed by atoms with Crippen molar-refractivity contribution < 1.29 is 9.59 Å². The van der Waals surface area contributed by atoms with E-state index in [0.717, 1.165) is 5.56 Å². The number of rotatable bonds is 7. The molecule has 8 nitrogen and oxygen atoms in total. The van der Waals surface area contributed by atoms with Crippen LogP contribution >= 0.6 is 11.6 Å². The molecule has 0 radical (unpaired) electrons. The summed E-state index contributed by atoms with van der Waals surface area (Å²) in [5.74, 6) is -0.312. The fourth-order valence-corrected chi connectivity index (χ4v) is 2.94. The molecule has 9 heteroatoms. The number of hydrogen-bond donors (Lipinski definition) is 4. The fraction of sp³-hybridized carbons (Fsp3) is 0.143. The first-order valence-electron chi connectivity index (χ1n) is 9.16. The Morgan fingerprint density at radius 2 is 1.87 bits per heavy atom. The van der Waals surface area contributed by atoms with Gasteiger partial charge in [-0.15, -0.1) is 0 Å². The van der Waals surface area contributed by atoms with Crippen LogP contribution in [0.15, 0.2) is 54.7 Å². The van der Waals surface area contributed by atoms with Gasteiger partial charge in [0.15, 0.2) is 0 Å². The summed E-state index contributed by atoms with van der Waals surface area (Å²) in [5.41, 5.74) is 7.75. The van der Waals surface area contributed by atoms with Crippen LogP contribution in [0.3, 0.4) is 0 Å². The summed E-state index contributed by atoms with van der Waals surface area (Å²) in [7, 11) is 0. The van der Waals surface area contributed by atoms with Gasteiger partial charge in [0.2, 0.25) is 11.9 Å². The van der Waals surface area contributed by atoms with Crippen LogP contribution in [0.5, 0.6) is 0 Å². The highest BCUT2D eigenvalue weighted by molar-refractivity contribution is 6.33. The maximum absolute atomic E-state index is 11.8. The van der Waals surface area contributed by atoms with E-state index in [1.165, 1.54) is 13.1 Å². The Morgan fingerprint density at radius 3 is 2.53 bits per heavy atom. The Labute approximate surface area is 178 Å². The van der Waals surface area contributed by atoms with Crippen molar-refractivity contribution in [2.45, 2.75) is 19.9 Å². The molecule has 0 aliphatic rings. The SMILES string of the molecule is CC(=O)Nc1cc(Nc2ncc(C(N)=O)c(NC(C)c3ccccc3)n2)ccc1Cl. The van der Waals surface area contributed by atoms with Crippen molar-refractivity contribution in [3.63, 3.8) is 0 Å². The molecule has 0 spiro atoms. The standard InChI is InChI=1S/C21H21ClN6O2/c1-12(14-6-4-3-5-7-14)25-20-16(19(23)30)11-24-21(28-20)27-15-8-9-17(22)18(10-15)26-13(2)29/h3-12H,1-2H3,(H2,23,30)(H,26,29)(H2,24,25,27,28). The van der Waals surface area contributed by atoms with Crippen molar-refractivity contribution in [3.8, 4) is 0 Å². The molecule has 1 heterocycles. The van der Waals surface area contributed by atoms with Crippen molar-refractivity contribution in [1.82, 2.24) is 9.97 Å². The third-order valence-corrected chi connectivity index (χ3v) is 4.57. The summed E-state index contributed by atoms with van der Waals surface area (Å²) in [6.45, 7) is 3.35.